The third kappa shape index (κ3) is 6.97. The van der Waals surface area contributed by atoms with Crippen LogP contribution in [0.2, 0.25) is 0 Å². The third-order valence-corrected chi connectivity index (χ3v) is 8.77. The highest BCUT2D eigenvalue weighted by Gasteiger charge is 2.48. The Hall–Kier alpha value is -4.96. The van der Waals surface area contributed by atoms with Crippen molar-refractivity contribution in [2.75, 3.05) is 18.6 Å². The Morgan fingerprint density at radius 2 is 1.65 bits per heavy atom. The largest absolute Gasteiger partial charge is 0.507 e. The molecule has 1 amide bonds. The van der Waals surface area contributed by atoms with Crippen LogP contribution in [-0.2, 0) is 20.9 Å². The van der Waals surface area contributed by atoms with E-state index in [4.69, 9.17) is 14.2 Å². The molecule has 1 aromatic heterocycles. The van der Waals surface area contributed by atoms with Crippen LogP contribution in [0.5, 0.6) is 11.5 Å². The van der Waals surface area contributed by atoms with Gasteiger partial charge in [0.1, 0.15) is 28.7 Å². The number of hydrogen-bond acceptors (Lipinski definition) is 9. The van der Waals surface area contributed by atoms with Gasteiger partial charge >= 0.3 is 11.9 Å². The summed E-state index contributed by atoms with van der Waals surface area (Å²) in [4.78, 5) is 45.5. The monoisotopic (exact) mass is 640 g/mol. The summed E-state index contributed by atoms with van der Waals surface area (Å²) in [5, 5.41) is 11.7. The molecule has 1 aliphatic heterocycles. The summed E-state index contributed by atoms with van der Waals surface area (Å²) < 4.78 is 16.7. The van der Waals surface area contributed by atoms with Gasteiger partial charge in [-0.15, -0.1) is 0 Å². The van der Waals surface area contributed by atoms with Crippen molar-refractivity contribution in [2.24, 2.45) is 0 Å². The molecule has 238 valence electrons. The molecule has 0 radical (unpaired) electrons. The van der Waals surface area contributed by atoms with Crippen LogP contribution in [0.15, 0.2) is 78.4 Å². The van der Waals surface area contributed by atoms with Crippen LogP contribution in [-0.4, -0.2) is 41.5 Å². The number of anilines is 1. The zero-order valence-electron chi connectivity index (χ0n) is 26.2. The molecule has 1 aliphatic rings. The normalized spacial score (nSPS) is 15.7. The van der Waals surface area contributed by atoms with E-state index in [9.17, 15) is 19.5 Å². The molecule has 1 fully saturated rings. The number of aryl methyl sites for hydroxylation is 2. The molecule has 10 heteroatoms. The summed E-state index contributed by atoms with van der Waals surface area (Å²) >= 11 is 0.950. The highest BCUT2D eigenvalue weighted by atomic mass is 32.1. The maximum atomic E-state index is 13.6. The molecular weight excluding hydrogens is 604 g/mol. The Kier molecular flexibility index (Phi) is 10.2. The van der Waals surface area contributed by atoms with Crippen molar-refractivity contribution in [1.82, 2.24) is 4.98 Å². The van der Waals surface area contributed by atoms with Crippen LogP contribution in [0.3, 0.4) is 0 Å². The number of unbranched alkanes of at least 4 members (excludes halogenated alkanes) is 2. The minimum absolute atomic E-state index is 0.0949. The SMILES string of the molecule is CCCCCOc1ccc(C2C(=C(O)c3ccc(OCc4cccc(C)c4)cc3)C(=O)C(=O)N2c2nc(C)c(C(=O)OC)s2)cc1. The molecule has 3 aromatic carbocycles. The predicted molar refractivity (Wildman–Crippen MR) is 176 cm³/mol. The van der Waals surface area contributed by atoms with E-state index < -0.39 is 23.7 Å². The number of thiazole rings is 1. The zero-order valence-corrected chi connectivity index (χ0v) is 27.1. The minimum Gasteiger partial charge on any atom is -0.507 e. The second-order valence-corrected chi connectivity index (χ2v) is 12.0. The molecule has 1 saturated heterocycles. The van der Waals surface area contributed by atoms with Crippen molar-refractivity contribution < 1.29 is 33.7 Å². The van der Waals surface area contributed by atoms with Crippen LogP contribution in [0, 0.1) is 13.8 Å². The lowest BCUT2D eigenvalue weighted by Crippen LogP contribution is -2.29. The highest BCUT2D eigenvalue weighted by Crippen LogP contribution is 2.44. The topological polar surface area (TPSA) is 115 Å². The summed E-state index contributed by atoms with van der Waals surface area (Å²) in [7, 11) is 1.26. The molecule has 1 atom stereocenters. The van der Waals surface area contributed by atoms with Gasteiger partial charge in [0.05, 0.1) is 31.0 Å². The molecule has 9 nitrogen and oxygen atoms in total. The Labute approximate surface area is 272 Å². The number of carbonyl (C=O) groups is 3. The van der Waals surface area contributed by atoms with Crippen molar-refractivity contribution in [1.29, 1.82) is 0 Å². The molecule has 1 unspecified atom stereocenters. The third-order valence-electron chi connectivity index (χ3n) is 7.63. The number of nitrogens with zero attached hydrogens (tertiary/aromatic N) is 2. The summed E-state index contributed by atoms with van der Waals surface area (Å²) in [6, 6.07) is 20.8. The van der Waals surface area contributed by atoms with Crippen molar-refractivity contribution in [3.8, 4) is 11.5 Å². The second-order valence-electron chi connectivity index (χ2n) is 11.0. The number of benzene rings is 3. The van der Waals surface area contributed by atoms with Crippen LogP contribution >= 0.6 is 11.3 Å². The molecule has 0 spiro atoms. The Morgan fingerprint density at radius 3 is 2.33 bits per heavy atom. The fourth-order valence-corrected chi connectivity index (χ4v) is 6.25. The number of methoxy groups -OCH3 is 1. The first-order valence-corrected chi connectivity index (χ1v) is 15.9. The molecule has 0 bridgehead atoms. The lowest BCUT2D eigenvalue weighted by molar-refractivity contribution is -0.132. The molecular formula is C36H36N2O7S. The first kappa shape index (κ1) is 32.4. The summed E-state index contributed by atoms with van der Waals surface area (Å²) in [5.74, 6) is -1.43. The Morgan fingerprint density at radius 1 is 0.957 bits per heavy atom. The van der Waals surface area contributed by atoms with Crippen molar-refractivity contribution in [2.45, 2.75) is 52.7 Å². The number of amides is 1. The van der Waals surface area contributed by atoms with Gasteiger partial charge in [0.15, 0.2) is 5.13 Å². The molecule has 4 aromatic rings. The molecule has 0 saturated carbocycles. The van der Waals surface area contributed by atoms with Gasteiger partial charge in [-0.25, -0.2) is 9.78 Å². The first-order chi connectivity index (χ1) is 22.2. The van der Waals surface area contributed by atoms with E-state index in [0.29, 0.717) is 41.5 Å². The van der Waals surface area contributed by atoms with E-state index in [2.05, 4.69) is 11.9 Å². The van der Waals surface area contributed by atoms with Gasteiger partial charge in [0.2, 0.25) is 0 Å². The average Bonchev–Trinajstić information content (AvgIpc) is 3.57. The van der Waals surface area contributed by atoms with E-state index in [1.165, 1.54) is 12.0 Å². The summed E-state index contributed by atoms with van der Waals surface area (Å²) in [5.41, 5.74) is 3.33. The standard InChI is InChI=1S/C36H36N2O7S/c1-5-6-7-19-44-27-15-11-25(12-16-27)30-29(32(40)34(41)38(30)36-37-23(3)33(46-36)35(42)43-4)31(39)26-13-17-28(18-14-26)45-21-24-10-8-9-22(2)20-24/h8-18,20,30,39H,5-7,19,21H2,1-4H3. The van der Waals surface area contributed by atoms with Gasteiger partial charge in [0, 0.05) is 5.56 Å². The van der Waals surface area contributed by atoms with Gasteiger partial charge in [0.25, 0.3) is 5.78 Å². The van der Waals surface area contributed by atoms with Gasteiger partial charge in [-0.3, -0.25) is 14.5 Å². The number of ether oxygens (including phenoxy) is 3. The second kappa shape index (κ2) is 14.4. The van der Waals surface area contributed by atoms with E-state index in [1.807, 2.05) is 31.2 Å². The number of aromatic nitrogens is 1. The summed E-state index contributed by atoms with van der Waals surface area (Å²) in [6.45, 7) is 6.72. The molecule has 0 aliphatic carbocycles. The van der Waals surface area contributed by atoms with E-state index in [-0.39, 0.29) is 21.3 Å². The Bertz CT molecular complexity index is 1760. The van der Waals surface area contributed by atoms with E-state index in [0.717, 1.165) is 41.7 Å². The summed E-state index contributed by atoms with van der Waals surface area (Å²) in [6.07, 6.45) is 3.07. The fraction of sp³-hybridized carbons (Fsp3) is 0.278. The number of aliphatic hydroxyl groups is 1. The maximum absolute atomic E-state index is 13.6. The van der Waals surface area contributed by atoms with Gasteiger partial charge < -0.3 is 19.3 Å². The molecule has 2 heterocycles. The maximum Gasteiger partial charge on any atom is 0.350 e. The number of carbonyl (C=O) groups excluding carboxylic acids is 3. The average molecular weight is 641 g/mol. The van der Waals surface area contributed by atoms with Crippen molar-refractivity contribution >= 4 is 39.9 Å². The number of Topliss-reactive ketones (excluding diaryl/α,β-unsaturated/α-hetero) is 1. The quantitative estimate of drug-likeness (QED) is 0.0563. The fourth-order valence-electron chi connectivity index (χ4n) is 5.23. The smallest absolute Gasteiger partial charge is 0.350 e. The number of esters is 1. The lowest BCUT2D eigenvalue weighted by Gasteiger charge is -2.23. The van der Waals surface area contributed by atoms with Crippen LogP contribution in [0.1, 0.15) is 69.8 Å². The number of ketones is 1. The lowest BCUT2D eigenvalue weighted by atomic mass is 9.95. The minimum atomic E-state index is -1.01. The van der Waals surface area contributed by atoms with Gasteiger partial charge in [-0.2, -0.15) is 0 Å². The molecule has 1 N–H and O–H groups in total. The van der Waals surface area contributed by atoms with Crippen LogP contribution in [0.25, 0.3) is 5.76 Å². The van der Waals surface area contributed by atoms with Crippen molar-refractivity contribution in [3.05, 3.63) is 111 Å². The first-order valence-electron chi connectivity index (χ1n) is 15.1. The van der Waals surface area contributed by atoms with Crippen molar-refractivity contribution in [3.63, 3.8) is 0 Å². The number of hydrogen-bond donors (Lipinski definition) is 1. The van der Waals surface area contributed by atoms with Gasteiger partial charge in [-0.1, -0.05) is 73.1 Å². The van der Waals surface area contributed by atoms with E-state index in [1.54, 1.807) is 55.5 Å². The number of rotatable bonds is 12. The highest BCUT2D eigenvalue weighted by molar-refractivity contribution is 7.17. The van der Waals surface area contributed by atoms with Crippen LogP contribution < -0.4 is 14.4 Å². The van der Waals surface area contributed by atoms with E-state index >= 15 is 0 Å². The molecule has 46 heavy (non-hydrogen) atoms. The predicted octanol–water partition coefficient (Wildman–Crippen LogP) is 7.32. The van der Waals surface area contributed by atoms with Crippen LogP contribution in [0.4, 0.5) is 5.13 Å². The van der Waals surface area contributed by atoms with Gasteiger partial charge in [-0.05, 0) is 67.8 Å². The Balaban J connectivity index is 1.50. The zero-order chi connectivity index (χ0) is 32.8. The molecule has 5 rings (SSSR count). The number of aliphatic hydroxyl groups excluding tert-OH is 1.